The lowest BCUT2D eigenvalue weighted by Crippen LogP contribution is -2.31. The van der Waals surface area contributed by atoms with E-state index in [0.29, 0.717) is 5.92 Å². The molecule has 0 radical (unpaired) electrons. The normalized spacial score (nSPS) is 42.6. The summed E-state index contributed by atoms with van der Waals surface area (Å²) in [6.45, 7) is 0. The molecule has 2 bridgehead atoms. The topological polar surface area (TPSA) is 43.1 Å². The van der Waals surface area contributed by atoms with E-state index in [1.54, 1.807) is 0 Å². The van der Waals surface area contributed by atoms with Gasteiger partial charge in [0.25, 0.3) is 0 Å². The van der Waals surface area contributed by atoms with Crippen LogP contribution in [0, 0.1) is 11.3 Å². The highest BCUT2D eigenvalue weighted by Gasteiger charge is 2.44. The Morgan fingerprint density at radius 2 is 2.50 bits per heavy atom. The monoisotopic (exact) mass is 137 g/mol. The minimum Gasteiger partial charge on any atom is -0.369 e. The van der Waals surface area contributed by atoms with Crippen LogP contribution < -0.4 is 5.73 Å². The van der Waals surface area contributed by atoms with E-state index in [0.717, 1.165) is 19.3 Å². The quantitative estimate of drug-likeness (QED) is 0.534. The van der Waals surface area contributed by atoms with Gasteiger partial charge in [0.05, 0.1) is 5.41 Å². The van der Waals surface area contributed by atoms with Crippen LogP contribution in [0.3, 0.4) is 0 Å². The predicted octanol–water partition coefficient (Wildman–Crippen LogP) is 0.828. The van der Waals surface area contributed by atoms with Gasteiger partial charge in [0.1, 0.15) is 0 Å². The second kappa shape index (κ2) is 1.62. The molecule has 2 aliphatic rings. The number of carbonyl (C=O) groups is 1. The lowest BCUT2D eigenvalue weighted by molar-refractivity contribution is -0.124. The molecule has 54 valence electrons. The van der Waals surface area contributed by atoms with Gasteiger partial charge < -0.3 is 5.73 Å². The summed E-state index contributed by atoms with van der Waals surface area (Å²) < 4.78 is 0. The van der Waals surface area contributed by atoms with E-state index in [1.165, 1.54) is 0 Å². The molecule has 1 fully saturated rings. The first-order valence-corrected chi connectivity index (χ1v) is 3.72. The Morgan fingerprint density at radius 3 is 2.70 bits per heavy atom. The Hall–Kier alpha value is -0.790. The molecule has 0 saturated heterocycles. The van der Waals surface area contributed by atoms with Gasteiger partial charge in [-0.15, -0.1) is 0 Å². The molecule has 2 rings (SSSR count). The van der Waals surface area contributed by atoms with Crippen molar-refractivity contribution in [3.63, 3.8) is 0 Å². The Labute approximate surface area is 60.1 Å². The number of fused-ring (bicyclic) bond motifs is 2. The summed E-state index contributed by atoms with van der Waals surface area (Å²) in [5.74, 6) is 0.510. The minimum absolute atomic E-state index is 0.135. The van der Waals surface area contributed by atoms with Gasteiger partial charge in [0, 0.05) is 0 Å². The summed E-state index contributed by atoms with van der Waals surface area (Å²) in [6.07, 6.45) is 7.24. The van der Waals surface area contributed by atoms with Crippen molar-refractivity contribution in [3.8, 4) is 0 Å². The summed E-state index contributed by atoms with van der Waals surface area (Å²) >= 11 is 0. The highest BCUT2D eigenvalue weighted by Crippen LogP contribution is 2.48. The van der Waals surface area contributed by atoms with Gasteiger partial charge in [0.2, 0.25) is 5.91 Å². The Kier molecular flexibility index (Phi) is 0.967. The summed E-state index contributed by atoms with van der Waals surface area (Å²) in [5, 5.41) is 0. The van der Waals surface area contributed by atoms with Crippen LogP contribution in [0.5, 0.6) is 0 Å². The van der Waals surface area contributed by atoms with Crippen LogP contribution in [-0.2, 0) is 4.79 Å². The fourth-order valence-corrected chi connectivity index (χ4v) is 2.06. The minimum atomic E-state index is -0.231. The molecule has 0 aromatic heterocycles. The maximum absolute atomic E-state index is 11.0. The van der Waals surface area contributed by atoms with Gasteiger partial charge in [-0.1, -0.05) is 12.2 Å². The van der Waals surface area contributed by atoms with Crippen LogP contribution in [0.25, 0.3) is 0 Å². The van der Waals surface area contributed by atoms with Gasteiger partial charge in [-0.2, -0.15) is 0 Å². The van der Waals surface area contributed by atoms with Crippen molar-refractivity contribution < 1.29 is 4.79 Å². The molecule has 2 aliphatic carbocycles. The highest BCUT2D eigenvalue weighted by atomic mass is 16.1. The zero-order chi connectivity index (χ0) is 7.19. The van der Waals surface area contributed by atoms with Crippen molar-refractivity contribution in [3.05, 3.63) is 12.2 Å². The van der Waals surface area contributed by atoms with E-state index in [2.05, 4.69) is 6.08 Å². The van der Waals surface area contributed by atoms with Crippen LogP contribution in [0.15, 0.2) is 12.2 Å². The predicted molar refractivity (Wildman–Crippen MR) is 38.1 cm³/mol. The van der Waals surface area contributed by atoms with Gasteiger partial charge in [-0.25, -0.2) is 0 Å². The van der Waals surface area contributed by atoms with Crippen molar-refractivity contribution in [1.29, 1.82) is 0 Å². The lowest BCUT2D eigenvalue weighted by Gasteiger charge is -2.17. The second-order valence-corrected chi connectivity index (χ2v) is 3.38. The molecule has 0 aromatic carbocycles. The Balaban J connectivity index is 2.32. The van der Waals surface area contributed by atoms with Crippen molar-refractivity contribution in [2.75, 3.05) is 0 Å². The van der Waals surface area contributed by atoms with E-state index in [1.807, 2.05) is 6.08 Å². The van der Waals surface area contributed by atoms with Crippen molar-refractivity contribution in [2.45, 2.75) is 19.3 Å². The number of carbonyl (C=O) groups excluding carboxylic acids is 1. The smallest absolute Gasteiger partial charge is 0.227 e. The number of allylic oxidation sites excluding steroid dienone is 1. The molecule has 2 nitrogen and oxygen atoms in total. The first-order valence-electron chi connectivity index (χ1n) is 3.72. The highest BCUT2D eigenvalue weighted by molar-refractivity contribution is 5.84. The van der Waals surface area contributed by atoms with Crippen LogP contribution in [0.2, 0.25) is 0 Å². The molecule has 10 heavy (non-hydrogen) atoms. The zero-order valence-corrected chi connectivity index (χ0v) is 5.84. The largest absolute Gasteiger partial charge is 0.369 e. The number of hydrogen-bond donors (Lipinski definition) is 1. The maximum atomic E-state index is 11.0. The molecule has 0 aromatic rings. The molecule has 2 unspecified atom stereocenters. The molecule has 1 saturated carbocycles. The molecule has 2 heteroatoms. The van der Waals surface area contributed by atoms with E-state index in [4.69, 9.17) is 5.73 Å². The average Bonchev–Trinajstić information content (AvgIpc) is 2.45. The molecular weight excluding hydrogens is 126 g/mol. The molecule has 0 heterocycles. The summed E-state index contributed by atoms with van der Waals surface area (Å²) in [5.41, 5.74) is 5.05. The van der Waals surface area contributed by atoms with E-state index in [-0.39, 0.29) is 11.3 Å². The van der Waals surface area contributed by atoms with Gasteiger partial charge in [0.15, 0.2) is 0 Å². The third-order valence-corrected chi connectivity index (χ3v) is 2.77. The maximum Gasteiger partial charge on any atom is 0.227 e. The number of rotatable bonds is 1. The molecule has 1 amide bonds. The average molecular weight is 137 g/mol. The molecular formula is C8H11NO. The zero-order valence-electron chi connectivity index (χ0n) is 5.84. The third-order valence-electron chi connectivity index (χ3n) is 2.77. The Morgan fingerprint density at radius 1 is 1.70 bits per heavy atom. The number of amides is 1. The van der Waals surface area contributed by atoms with Gasteiger partial charge in [-0.05, 0) is 25.2 Å². The van der Waals surface area contributed by atoms with E-state index < -0.39 is 0 Å². The summed E-state index contributed by atoms with van der Waals surface area (Å²) in [7, 11) is 0. The summed E-state index contributed by atoms with van der Waals surface area (Å²) in [4.78, 5) is 11.0. The number of hydrogen-bond acceptors (Lipinski definition) is 1. The third kappa shape index (κ3) is 0.564. The Bertz CT molecular complexity index is 209. The number of primary amides is 1. The SMILES string of the molecule is NC(=O)C12C=CC(CC1)C2. The van der Waals surface area contributed by atoms with Crippen molar-refractivity contribution in [2.24, 2.45) is 17.1 Å². The van der Waals surface area contributed by atoms with Gasteiger partial charge in [-0.3, -0.25) is 4.79 Å². The standard InChI is InChI=1S/C8H11NO/c9-7(10)8-3-1-6(5-8)2-4-8/h1,3,6H,2,4-5H2,(H2,9,10). The fraction of sp³-hybridized carbons (Fsp3) is 0.625. The lowest BCUT2D eigenvalue weighted by atomic mass is 9.87. The van der Waals surface area contributed by atoms with Crippen molar-refractivity contribution in [1.82, 2.24) is 0 Å². The van der Waals surface area contributed by atoms with Crippen molar-refractivity contribution >= 4 is 5.91 Å². The second-order valence-electron chi connectivity index (χ2n) is 3.38. The van der Waals surface area contributed by atoms with Crippen LogP contribution in [0.4, 0.5) is 0 Å². The summed E-state index contributed by atoms with van der Waals surface area (Å²) in [6, 6.07) is 0. The van der Waals surface area contributed by atoms with Crippen LogP contribution >= 0.6 is 0 Å². The molecule has 2 atom stereocenters. The van der Waals surface area contributed by atoms with E-state index >= 15 is 0 Å². The van der Waals surface area contributed by atoms with Crippen LogP contribution in [0.1, 0.15) is 19.3 Å². The molecule has 0 aliphatic heterocycles. The van der Waals surface area contributed by atoms with Crippen LogP contribution in [-0.4, -0.2) is 5.91 Å². The molecule has 0 spiro atoms. The van der Waals surface area contributed by atoms with Gasteiger partial charge >= 0.3 is 0 Å². The molecule has 2 N–H and O–H groups in total. The van der Waals surface area contributed by atoms with E-state index in [9.17, 15) is 4.79 Å². The first-order chi connectivity index (χ1) is 4.73. The fourth-order valence-electron chi connectivity index (χ4n) is 2.06. The number of nitrogens with two attached hydrogens (primary N) is 1. The first kappa shape index (κ1) is 5.96.